The third-order valence-electron chi connectivity index (χ3n) is 6.94. The van der Waals surface area contributed by atoms with Crippen LogP contribution in [0.15, 0.2) is 12.1 Å². The van der Waals surface area contributed by atoms with Gasteiger partial charge < -0.3 is 14.5 Å². The maximum Gasteiger partial charge on any atom is 0.182 e. The number of nitrogens with zero attached hydrogens (tertiary/aromatic N) is 11. The topological polar surface area (TPSA) is 112 Å². The number of fused-ring (bicyclic) bond motifs is 2. The van der Waals surface area contributed by atoms with Gasteiger partial charge in [-0.1, -0.05) is 0 Å². The summed E-state index contributed by atoms with van der Waals surface area (Å²) in [6, 6.07) is 4.45. The molecular weight excluding hydrogens is 432 g/mol. The van der Waals surface area contributed by atoms with Gasteiger partial charge in [-0.2, -0.15) is 10.2 Å². The van der Waals surface area contributed by atoms with Crippen molar-refractivity contribution in [3.63, 3.8) is 0 Å². The van der Waals surface area contributed by atoms with E-state index in [9.17, 15) is 0 Å². The van der Waals surface area contributed by atoms with Gasteiger partial charge in [0.05, 0.1) is 30.1 Å². The Labute approximate surface area is 197 Å². The molecule has 2 aliphatic heterocycles. The van der Waals surface area contributed by atoms with Crippen molar-refractivity contribution in [2.45, 2.75) is 59.5 Å². The van der Waals surface area contributed by atoms with E-state index in [0.717, 1.165) is 72.3 Å². The summed E-state index contributed by atoms with van der Waals surface area (Å²) in [6.07, 6.45) is 0. The summed E-state index contributed by atoms with van der Waals surface area (Å²) in [5, 5.41) is 30.8. The van der Waals surface area contributed by atoms with Crippen molar-refractivity contribution in [1.29, 1.82) is 0 Å². The van der Waals surface area contributed by atoms with Crippen LogP contribution in [-0.4, -0.2) is 67.1 Å². The van der Waals surface area contributed by atoms with Crippen molar-refractivity contribution in [3.8, 4) is 23.0 Å². The molecule has 0 unspecified atom stereocenters. The third-order valence-corrected chi connectivity index (χ3v) is 6.94. The van der Waals surface area contributed by atoms with E-state index < -0.39 is 0 Å². The number of rotatable bonds is 4. The fourth-order valence-corrected chi connectivity index (χ4v) is 5.17. The van der Waals surface area contributed by atoms with Crippen LogP contribution in [0.4, 0.5) is 0 Å². The van der Waals surface area contributed by atoms with Gasteiger partial charge in [0.15, 0.2) is 17.5 Å². The van der Waals surface area contributed by atoms with Crippen LogP contribution in [0.1, 0.15) is 49.0 Å². The lowest BCUT2D eigenvalue weighted by Gasteiger charge is -2.33. The molecule has 2 atom stereocenters. The summed E-state index contributed by atoms with van der Waals surface area (Å²) < 4.78 is 8.36. The highest BCUT2D eigenvalue weighted by Crippen LogP contribution is 2.30. The highest BCUT2D eigenvalue weighted by molar-refractivity contribution is 5.52. The minimum atomic E-state index is 0.0956. The summed E-state index contributed by atoms with van der Waals surface area (Å²) >= 11 is 0. The first-order valence-corrected chi connectivity index (χ1v) is 11.8. The monoisotopic (exact) mass is 462 g/mol. The molecule has 0 aliphatic carbocycles. The third kappa shape index (κ3) is 3.28. The molecule has 0 saturated carbocycles. The highest BCUT2D eigenvalue weighted by atomic mass is 15.4. The Morgan fingerprint density at radius 1 is 0.853 bits per heavy atom. The fraction of sp³-hybridized carbons (Fsp3) is 0.545. The van der Waals surface area contributed by atoms with Crippen LogP contribution >= 0.6 is 0 Å². The molecule has 0 radical (unpaired) electrons. The first kappa shape index (κ1) is 21.2. The van der Waals surface area contributed by atoms with Crippen LogP contribution in [0.5, 0.6) is 0 Å². The fourth-order valence-electron chi connectivity index (χ4n) is 5.17. The van der Waals surface area contributed by atoms with Crippen LogP contribution in [0.25, 0.3) is 23.0 Å². The summed E-state index contributed by atoms with van der Waals surface area (Å²) in [7, 11) is 1.95. The number of hydrogen-bond acceptors (Lipinski definition) is 8. The lowest BCUT2D eigenvalue weighted by atomic mass is 10.2. The first-order valence-electron chi connectivity index (χ1n) is 11.8. The lowest BCUT2D eigenvalue weighted by Crippen LogP contribution is -2.39. The number of aromatic nitrogens is 10. The minimum absolute atomic E-state index is 0.0956. The molecule has 6 heterocycles. The van der Waals surface area contributed by atoms with Crippen molar-refractivity contribution in [1.82, 2.24) is 59.3 Å². The lowest BCUT2D eigenvalue weighted by molar-refractivity contribution is 0.119. The molecule has 0 aromatic carbocycles. The van der Waals surface area contributed by atoms with E-state index in [1.807, 2.05) is 30.3 Å². The predicted octanol–water partition coefficient (Wildman–Crippen LogP) is 1.45. The summed E-state index contributed by atoms with van der Waals surface area (Å²) in [5.74, 6) is 3.69. The smallest absolute Gasteiger partial charge is 0.182 e. The molecule has 0 bridgehead atoms. The van der Waals surface area contributed by atoms with Crippen molar-refractivity contribution >= 4 is 0 Å². The minimum Gasteiger partial charge on any atom is -0.307 e. The second-order valence-electron chi connectivity index (χ2n) is 9.34. The number of hydrogen-bond donors (Lipinski definition) is 1. The standard InChI is InChI=1S/C22H30N12/c1-13-10-17(30(5)28-13)21-26-25-20-16(4)31(8-9-33(20)21)12-34-18(11-14(2)29-34)22-27-24-19-15(3)23-6-7-32(19)22/h10-11,15-16,23H,6-9,12H2,1-5H3/t15-,16+/m1/s1. The maximum absolute atomic E-state index is 4.81. The van der Waals surface area contributed by atoms with Gasteiger partial charge in [0.1, 0.15) is 17.2 Å². The van der Waals surface area contributed by atoms with E-state index >= 15 is 0 Å². The molecular formula is C22H30N12. The molecule has 4 aromatic heterocycles. The molecule has 0 saturated heterocycles. The molecule has 12 heteroatoms. The Bertz CT molecular complexity index is 1350. The Hall–Kier alpha value is -3.38. The van der Waals surface area contributed by atoms with Gasteiger partial charge in [0.25, 0.3) is 0 Å². The van der Waals surface area contributed by atoms with Crippen LogP contribution in [0.3, 0.4) is 0 Å². The Morgan fingerprint density at radius 3 is 2.29 bits per heavy atom. The van der Waals surface area contributed by atoms with E-state index in [4.69, 9.17) is 5.10 Å². The number of aryl methyl sites for hydroxylation is 3. The molecule has 0 amide bonds. The van der Waals surface area contributed by atoms with E-state index in [0.29, 0.717) is 6.67 Å². The SMILES string of the molecule is Cc1cc(-c2nnc3n2CCN(Cn2nc(C)cc2-c2nnc4n2CCN[C@@H]4C)[C@H]3C)n(C)n1. The zero-order chi connectivity index (χ0) is 23.6. The molecule has 2 aliphatic rings. The van der Waals surface area contributed by atoms with Crippen LogP contribution < -0.4 is 5.32 Å². The number of nitrogens with one attached hydrogen (secondary N) is 1. The molecule has 12 nitrogen and oxygen atoms in total. The van der Waals surface area contributed by atoms with E-state index in [1.54, 1.807) is 0 Å². The molecule has 34 heavy (non-hydrogen) atoms. The van der Waals surface area contributed by atoms with Crippen molar-refractivity contribution in [2.75, 3.05) is 13.1 Å². The van der Waals surface area contributed by atoms with Gasteiger partial charge in [0.2, 0.25) is 0 Å². The zero-order valence-corrected chi connectivity index (χ0v) is 20.3. The van der Waals surface area contributed by atoms with Gasteiger partial charge >= 0.3 is 0 Å². The van der Waals surface area contributed by atoms with E-state index in [1.165, 1.54) is 0 Å². The Balaban J connectivity index is 1.30. The van der Waals surface area contributed by atoms with Crippen molar-refractivity contribution < 1.29 is 0 Å². The summed E-state index contributed by atoms with van der Waals surface area (Å²) in [4.78, 5) is 2.38. The first-order chi connectivity index (χ1) is 16.4. The van der Waals surface area contributed by atoms with Gasteiger partial charge in [-0.15, -0.1) is 20.4 Å². The van der Waals surface area contributed by atoms with Crippen molar-refractivity contribution in [2.24, 2.45) is 7.05 Å². The quantitative estimate of drug-likeness (QED) is 0.485. The van der Waals surface area contributed by atoms with Gasteiger partial charge in [-0.05, 0) is 39.8 Å². The average molecular weight is 463 g/mol. The second-order valence-corrected chi connectivity index (χ2v) is 9.34. The molecule has 0 fully saturated rings. The largest absolute Gasteiger partial charge is 0.307 e. The zero-order valence-electron chi connectivity index (χ0n) is 20.3. The predicted molar refractivity (Wildman–Crippen MR) is 124 cm³/mol. The van der Waals surface area contributed by atoms with Crippen molar-refractivity contribution in [3.05, 3.63) is 35.2 Å². The van der Waals surface area contributed by atoms with Gasteiger partial charge in [-0.25, -0.2) is 4.68 Å². The normalized spacial score (nSPS) is 20.5. The Kier molecular flexibility index (Phi) is 4.88. The molecule has 4 aromatic rings. The maximum atomic E-state index is 4.81. The van der Waals surface area contributed by atoms with Crippen LogP contribution in [-0.2, 0) is 26.8 Å². The molecule has 178 valence electrons. The summed E-state index contributed by atoms with van der Waals surface area (Å²) in [6.45, 7) is 12.4. The van der Waals surface area contributed by atoms with Crippen LogP contribution in [0.2, 0.25) is 0 Å². The van der Waals surface area contributed by atoms with Crippen LogP contribution in [0, 0.1) is 13.8 Å². The summed E-state index contributed by atoms with van der Waals surface area (Å²) in [5.41, 5.74) is 3.93. The second kappa shape index (κ2) is 7.84. The van der Waals surface area contributed by atoms with E-state index in [-0.39, 0.29) is 12.1 Å². The van der Waals surface area contributed by atoms with E-state index in [2.05, 4.69) is 70.8 Å². The molecule has 0 spiro atoms. The molecule has 1 N–H and O–H groups in total. The molecule has 6 rings (SSSR count). The average Bonchev–Trinajstić information content (AvgIpc) is 3.56. The highest BCUT2D eigenvalue weighted by Gasteiger charge is 2.31. The van der Waals surface area contributed by atoms with Gasteiger partial charge in [0, 0.05) is 33.2 Å². The van der Waals surface area contributed by atoms with Gasteiger partial charge in [-0.3, -0.25) is 9.58 Å². The Morgan fingerprint density at radius 2 is 1.53 bits per heavy atom.